The lowest BCUT2D eigenvalue weighted by Crippen LogP contribution is -2.35. The van der Waals surface area contributed by atoms with E-state index in [1.54, 1.807) is 0 Å². The van der Waals surface area contributed by atoms with Gasteiger partial charge in [0.15, 0.2) is 4.67 Å². The Balaban J connectivity index is 1.85. The summed E-state index contributed by atoms with van der Waals surface area (Å²) < 4.78 is 7.24. The smallest absolute Gasteiger partial charge is 0.303 e. The first-order chi connectivity index (χ1) is 9.04. The van der Waals surface area contributed by atoms with Crippen molar-refractivity contribution >= 4 is 37.8 Å². The van der Waals surface area contributed by atoms with Crippen LogP contribution in [-0.4, -0.2) is 29.1 Å². The summed E-state index contributed by atoms with van der Waals surface area (Å²) in [6.07, 6.45) is 3.32. The number of likely N-dealkylation sites (tertiary alicyclic amines) is 1. The monoisotopic (exact) mass is 393 g/mol. The highest BCUT2D eigenvalue weighted by Crippen LogP contribution is 2.29. The second-order valence-electron chi connectivity index (χ2n) is 5.01. The Hall–Kier alpha value is -0.330. The highest BCUT2D eigenvalue weighted by Gasteiger charge is 2.21. The maximum Gasteiger partial charge on any atom is 0.303 e. The molecule has 0 aromatic carbocycles. The Morgan fingerprint density at radius 1 is 1.53 bits per heavy atom. The van der Waals surface area contributed by atoms with E-state index in [4.69, 9.17) is 9.52 Å². The number of carboxylic acid groups (broad SMARTS) is 1. The van der Waals surface area contributed by atoms with E-state index in [-0.39, 0.29) is 6.42 Å². The van der Waals surface area contributed by atoms with Crippen molar-refractivity contribution in [2.24, 2.45) is 5.92 Å². The van der Waals surface area contributed by atoms with Crippen LogP contribution >= 0.6 is 31.9 Å². The van der Waals surface area contributed by atoms with Gasteiger partial charge in [-0.15, -0.1) is 0 Å². The number of rotatable bonds is 5. The summed E-state index contributed by atoms with van der Waals surface area (Å²) in [5, 5.41) is 8.74. The van der Waals surface area contributed by atoms with Crippen molar-refractivity contribution in [3.63, 3.8) is 0 Å². The molecule has 19 heavy (non-hydrogen) atoms. The van der Waals surface area contributed by atoms with Gasteiger partial charge in [-0.3, -0.25) is 9.69 Å². The van der Waals surface area contributed by atoms with Gasteiger partial charge < -0.3 is 9.52 Å². The summed E-state index contributed by atoms with van der Waals surface area (Å²) in [5.41, 5.74) is 0. The summed E-state index contributed by atoms with van der Waals surface area (Å²) in [7, 11) is 0. The standard InChI is InChI=1S/C13H17Br2NO3/c14-11-6-10(19-13(11)15)8-16-5-1-2-9(7-16)3-4-12(17)18/h6,9H,1-5,7-8H2,(H,17,18). The molecule has 0 spiro atoms. The number of carboxylic acids is 1. The first-order valence-corrected chi connectivity index (χ1v) is 8.01. The second-order valence-corrected chi connectivity index (χ2v) is 6.58. The summed E-state index contributed by atoms with van der Waals surface area (Å²) in [6.45, 7) is 2.80. The number of hydrogen-bond donors (Lipinski definition) is 1. The number of aliphatic carboxylic acids is 1. The van der Waals surface area contributed by atoms with Gasteiger partial charge in [0, 0.05) is 13.0 Å². The van der Waals surface area contributed by atoms with Gasteiger partial charge >= 0.3 is 5.97 Å². The molecule has 2 rings (SSSR count). The van der Waals surface area contributed by atoms with Gasteiger partial charge in [-0.25, -0.2) is 0 Å². The van der Waals surface area contributed by atoms with Crippen LogP contribution in [-0.2, 0) is 11.3 Å². The largest absolute Gasteiger partial charge is 0.481 e. The molecule has 2 heterocycles. The number of hydrogen-bond acceptors (Lipinski definition) is 3. The fourth-order valence-electron chi connectivity index (χ4n) is 2.55. The van der Waals surface area contributed by atoms with Crippen LogP contribution in [0, 0.1) is 5.92 Å². The van der Waals surface area contributed by atoms with Crippen molar-refractivity contribution in [1.82, 2.24) is 4.90 Å². The van der Waals surface area contributed by atoms with Gasteiger partial charge in [-0.05, 0) is 69.7 Å². The van der Waals surface area contributed by atoms with E-state index < -0.39 is 5.97 Å². The van der Waals surface area contributed by atoms with E-state index in [2.05, 4.69) is 36.8 Å². The molecule has 1 atom stereocenters. The van der Waals surface area contributed by atoms with Crippen LogP contribution in [0.15, 0.2) is 19.6 Å². The van der Waals surface area contributed by atoms with Crippen LogP contribution in [0.3, 0.4) is 0 Å². The molecule has 0 aliphatic carbocycles. The molecule has 4 nitrogen and oxygen atoms in total. The summed E-state index contributed by atoms with van der Waals surface area (Å²) >= 11 is 6.75. The molecule has 0 radical (unpaired) electrons. The lowest BCUT2D eigenvalue weighted by atomic mass is 9.93. The lowest BCUT2D eigenvalue weighted by molar-refractivity contribution is -0.137. The molecule has 1 aromatic rings. The van der Waals surface area contributed by atoms with E-state index >= 15 is 0 Å². The first-order valence-electron chi connectivity index (χ1n) is 6.42. The van der Waals surface area contributed by atoms with Gasteiger partial charge in [-0.1, -0.05) is 0 Å². The quantitative estimate of drug-likeness (QED) is 0.823. The fourth-order valence-corrected chi connectivity index (χ4v) is 3.21. The number of halogens is 2. The molecular formula is C13H17Br2NO3. The summed E-state index contributed by atoms with van der Waals surface area (Å²) in [5.74, 6) is 0.723. The zero-order chi connectivity index (χ0) is 13.8. The van der Waals surface area contributed by atoms with Crippen molar-refractivity contribution in [2.75, 3.05) is 13.1 Å². The molecular weight excluding hydrogens is 378 g/mol. The Morgan fingerprint density at radius 2 is 2.32 bits per heavy atom. The lowest BCUT2D eigenvalue weighted by Gasteiger charge is -2.31. The highest BCUT2D eigenvalue weighted by molar-refractivity contribution is 9.13. The number of piperidine rings is 1. The maximum atomic E-state index is 10.6. The predicted molar refractivity (Wildman–Crippen MR) is 79.0 cm³/mol. The molecule has 1 aliphatic rings. The van der Waals surface area contributed by atoms with Crippen molar-refractivity contribution in [3.8, 4) is 0 Å². The minimum Gasteiger partial charge on any atom is -0.481 e. The van der Waals surface area contributed by atoms with E-state index in [0.717, 1.165) is 53.8 Å². The Morgan fingerprint density at radius 3 is 2.95 bits per heavy atom. The van der Waals surface area contributed by atoms with Gasteiger partial charge in [0.05, 0.1) is 11.0 Å². The van der Waals surface area contributed by atoms with Gasteiger partial charge in [0.2, 0.25) is 0 Å². The second kappa shape index (κ2) is 6.90. The molecule has 0 amide bonds. The molecule has 1 aliphatic heterocycles. The van der Waals surface area contributed by atoms with Crippen molar-refractivity contribution < 1.29 is 14.3 Å². The predicted octanol–water partition coefficient (Wildman–Crippen LogP) is 3.88. The van der Waals surface area contributed by atoms with E-state index in [1.165, 1.54) is 0 Å². The van der Waals surface area contributed by atoms with Crippen LogP contribution in [0.5, 0.6) is 0 Å². The SMILES string of the molecule is O=C(O)CCC1CCCN(Cc2cc(Br)c(Br)o2)C1. The molecule has 1 unspecified atom stereocenters. The molecule has 1 aromatic heterocycles. The highest BCUT2D eigenvalue weighted by atomic mass is 79.9. The average Bonchev–Trinajstić information content (AvgIpc) is 2.66. The van der Waals surface area contributed by atoms with Crippen LogP contribution in [0.25, 0.3) is 0 Å². The van der Waals surface area contributed by atoms with Crippen LogP contribution in [0.2, 0.25) is 0 Å². The number of nitrogens with zero attached hydrogens (tertiary/aromatic N) is 1. The molecule has 106 valence electrons. The maximum absolute atomic E-state index is 10.6. The summed E-state index contributed by atoms with van der Waals surface area (Å²) in [4.78, 5) is 13.0. The zero-order valence-electron chi connectivity index (χ0n) is 10.6. The first kappa shape index (κ1) is 15.1. The third-order valence-corrected chi connectivity index (χ3v) is 5.16. The molecule has 1 saturated heterocycles. The minimum atomic E-state index is -0.698. The van der Waals surface area contributed by atoms with Gasteiger partial charge in [0.1, 0.15) is 5.76 Å². The van der Waals surface area contributed by atoms with Crippen LogP contribution in [0.1, 0.15) is 31.4 Å². The Kier molecular flexibility index (Phi) is 5.47. The van der Waals surface area contributed by atoms with Crippen LogP contribution in [0.4, 0.5) is 0 Å². The molecule has 1 fully saturated rings. The third-order valence-electron chi connectivity index (χ3n) is 3.45. The summed E-state index contributed by atoms with van der Waals surface area (Å²) in [6, 6.07) is 1.98. The van der Waals surface area contributed by atoms with Crippen molar-refractivity contribution in [1.29, 1.82) is 0 Å². The molecule has 0 bridgehead atoms. The fraction of sp³-hybridized carbons (Fsp3) is 0.615. The third kappa shape index (κ3) is 4.61. The van der Waals surface area contributed by atoms with E-state index in [1.807, 2.05) is 6.07 Å². The van der Waals surface area contributed by atoms with E-state index in [0.29, 0.717) is 5.92 Å². The molecule has 0 saturated carbocycles. The number of carbonyl (C=O) groups is 1. The van der Waals surface area contributed by atoms with Gasteiger partial charge in [-0.2, -0.15) is 0 Å². The molecule has 1 N–H and O–H groups in total. The Labute approximate surface area is 129 Å². The normalized spacial score (nSPS) is 20.6. The minimum absolute atomic E-state index is 0.274. The van der Waals surface area contributed by atoms with Crippen molar-refractivity contribution in [3.05, 3.63) is 21.0 Å². The van der Waals surface area contributed by atoms with Crippen LogP contribution < -0.4 is 0 Å². The average molecular weight is 395 g/mol. The van der Waals surface area contributed by atoms with E-state index in [9.17, 15) is 4.79 Å². The zero-order valence-corrected chi connectivity index (χ0v) is 13.7. The topological polar surface area (TPSA) is 53.7 Å². The molecule has 6 heteroatoms. The van der Waals surface area contributed by atoms with Crippen molar-refractivity contribution in [2.45, 2.75) is 32.2 Å². The van der Waals surface area contributed by atoms with Gasteiger partial charge in [0.25, 0.3) is 0 Å². The Bertz CT molecular complexity index is 428. The number of furan rings is 1.